The standard InChI is InChI=1S/C13H3Cl2F7N4O4/c14-5-1-4(13(20,21)22)10(16)24-11(5)23-8-6(25(27)28)2-3(12(17,18)19)7(15)9(8)26(29)30/h1-2H,(H,23,24). The van der Waals surface area contributed by atoms with E-state index in [2.05, 4.69) is 4.98 Å². The Bertz CT molecular complexity index is 1060. The highest BCUT2D eigenvalue weighted by molar-refractivity contribution is 6.35. The minimum Gasteiger partial charge on any atom is -0.328 e. The van der Waals surface area contributed by atoms with Crippen molar-refractivity contribution in [3.8, 4) is 0 Å². The second-order valence-electron chi connectivity index (χ2n) is 5.27. The average molecular weight is 483 g/mol. The van der Waals surface area contributed by atoms with E-state index < -0.39 is 72.2 Å². The molecule has 2 rings (SSSR count). The lowest BCUT2D eigenvalue weighted by Gasteiger charge is -2.15. The number of rotatable bonds is 4. The van der Waals surface area contributed by atoms with Gasteiger partial charge in [0.25, 0.3) is 0 Å². The summed E-state index contributed by atoms with van der Waals surface area (Å²) in [5.41, 5.74) is -8.36. The van der Waals surface area contributed by atoms with E-state index in [1.807, 2.05) is 0 Å². The number of nitrogens with one attached hydrogen (secondary N) is 1. The molecule has 0 saturated heterocycles. The summed E-state index contributed by atoms with van der Waals surface area (Å²) in [5.74, 6) is -3.23. The highest BCUT2D eigenvalue weighted by atomic mass is 35.5. The van der Waals surface area contributed by atoms with Gasteiger partial charge in [0.05, 0.1) is 20.4 Å². The highest BCUT2D eigenvalue weighted by Gasteiger charge is 2.42. The number of alkyl halides is 6. The molecule has 0 aliphatic carbocycles. The minimum atomic E-state index is -5.33. The van der Waals surface area contributed by atoms with Crippen LogP contribution in [-0.2, 0) is 12.4 Å². The zero-order valence-corrected chi connectivity index (χ0v) is 15.0. The van der Waals surface area contributed by atoms with Crippen molar-refractivity contribution >= 4 is 46.1 Å². The Kier molecular flexibility index (Phi) is 6.00. The zero-order chi connectivity index (χ0) is 23.2. The predicted octanol–water partition coefficient (Wildman–Crippen LogP) is 6.13. The first-order valence-electron chi connectivity index (χ1n) is 6.98. The summed E-state index contributed by atoms with van der Waals surface area (Å²) in [5, 5.41) is 21.6. The quantitative estimate of drug-likeness (QED) is 0.243. The van der Waals surface area contributed by atoms with Gasteiger partial charge >= 0.3 is 23.7 Å². The van der Waals surface area contributed by atoms with Gasteiger partial charge in [-0.05, 0) is 6.07 Å². The second-order valence-corrected chi connectivity index (χ2v) is 6.06. The van der Waals surface area contributed by atoms with Gasteiger partial charge in [-0.2, -0.15) is 30.7 Å². The Balaban J connectivity index is 2.80. The van der Waals surface area contributed by atoms with Gasteiger partial charge in [0, 0.05) is 6.07 Å². The molecule has 0 bridgehead atoms. The third kappa shape index (κ3) is 4.46. The van der Waals surface area contributed by atoms with E-state index in [4.69, 9.17) is 23.2 Å². The minimum absolute atomic E-state index is 0.0234. The number of nitrogens with zero attached hydrogens (tertiary/aromatic N) is 3. The van der Waals surface area contributed by atoms with Crippen LogP contribution in [0.4, 0.5) is 53.6 Å². The summed E-state index contributed by atoms with van der Waals surface area (Å²) in [6, 6.07) is -0.123. The molecule has 0 radical (unpaired) electrons. The number of nitro benzene ring substituents is 2. The number of anilines is 2. The van der Waals surface area contributed by atoms with Gasteiger partial charge < -0.3 is 5.32 Å². The predicted molar refractivity (Wildman–Crippen MR) is 87.3 cm³/mol. The van der Waals surface area contributed by atoms with Crippen molar-refractivity contribution in [3.05, 3.63) is 59.5 Å². The van der Waals surface area contributed by atoms with E-state index in [-0.39, 0.29) is 12.1 Å². The lowest BCUT2D eigenvalue weighted by Crippen LogP contribution is -2.13. The fraction of sp³-hybridized carbons (Fsp3) is 0.154. The molecule has 17 heteroatoms. The third-order valence-corrected chi connectivity index (χ3v) is 4.05. The monoisotopic (exact) mass is 482 g/mol. The summed E-state index contributed by atoms with van der Waals surface area (Å²) in [7, 11) is 0. The second kappa shape index (κ2) is 7.71. The van der Waals surface area contributed by atoms with Crippen molar-refractivity contribution in [1.29, 1.82) is 0 Å². The van der Waals surface area contributed by atoms with Crippen molar-refractivity contribution in [2.24, 2.45) is 0 Å². The molecule has 8 nitrogen and oxygen atoms in total. The molecule has 0 amide bonds. The molecule has 0 aliphatic heterocycles. The maximum absolute atomic E-state index is 13.7. The molecule has 0 aliphatic rings. The molecule has 1 aromatic carbocycles. The highest BCUT2D eigenvalue weighted by Crippen LogP contribution is 2.48. The number of benzene rings is 1. The number of aromatic nitrogens is 1. The summed E-state index contributed by atoms with van der Waals surface area (Å²) in [6.45, 7) is 0. The Hall–Kier alpha value is -2.94. The van der Waals surface area contributed by atoms with Crippen LogP contribution in [0.25, 0.3) is 0 Å². The molecular weight excluding hydrogens is 480 g/mol. The van der Waals surface area contributed by atoms with Crippen LogP contribution >= 0.6 is 23.2 Å². The Morgan fingerprint density at radius 1 is 0.933 bits per heavy atom. The van der Waals surface area contributed by atoms with Crippen LogP contribution in [0.3, 0.4) is 0 Å². The van der Waals surface area contributed by atoms with Gasteiger partial charge in [-0.1, -0.05) is 23.2 Å². The first-order valence-corrected chi connectivity index (χ1v) is 7.74. The fourth-order valence-electron chi connectivity index (χ4n) is 2.15. The Morgan fingerprint density at radius 3 is 1.90 bits per heavy atom. The molecule has 2 aromatic rings. The molecule has 0 unspecified atom stereocenters. The van der Waals surface area contributed by atoms with Gasteiger partial charge in [-0.25, -0.2) is 4.98 Å². The molecule has 0 saturated carbocycles. The van der Waals surface area contributed by atoms with Crippen LogP contribution in [0.1, 0.15) is 11.1 Å². The van der Waals surface area contributed by atoms with E-state index in [9.17, 15) is 51.0 Å². The summed E-state index contributed by atoms with van der Waals surface area (Å²) < 4.78 is 90.8. The van der Waals surface area contributed by atoms with Crippen LogP contribution in [-0.4, -0.2) is 14.8 Å². The number of nitro groups is 2. The van der Waals surface area contributed by atoms with Crippen molar-refractivity contribution in [2.45, 2.75) is 12.4 Å². The molecule has 162 valence electrons. The van der Waals surface area contributed by atoms with Gasteiger partial charge in [0.2, 0.25) is 5.95 Å². The van der Waals surface area contributed by atoms with Crippen molar-refractivity contribution in [1.82, 2.24) is 4.98 Å². The SMILES string of the molecule is O=[N+]([O-])c1cc(C(F)(F)F)c(Cl)c([N+](=O)[O-])c1Nc1nc(F)c(C(F)(F)F)cc1Cl. The smallest absolute Gasteiger partial charge is 0.328 e. The molecule has 1 aromatic heterocycles. The van der Waals surface area contributed by atoms with Crippen LogP contribution in [0, 0.1) is 26.2 Å². The maximum Gasteiger partial charge on any atom is 0.420 e. The van der Waals surface area contributed by atoms with Crippen molar-refractivity contribution < 1.29 is 40.6 Å². The van der Waals surface area contributed by atoms with Crippen molar-refractivity contribution in [3.63, 3.8) is 0 Å². The maximum atomic E-state index is 13.7. The largest absolute Gasteiger partial charge is 0.420 e. The first-order chi connectivity index (χ1) is 13.6. The van der Waals surface area contributed by atoms with Gasteiger partial charge in [0.15, 0.2) is 11.5 Å². The average Bonchev–Trinajstić information content (AvgIpc) is 2.55. The van der Waals surface area contributed by atoms with Crippen LogP contribution in [0.2, 0.25) is 10.0 Å². The summed E-state index contributed by atoms with van der Waals surface area (Å²) in [6.07, 6.45) is -10.6. The van der Waals surface area contributed by atoms with E-state index >= 15 is 0 Å². The lowest BCUT2D eigenvalue weighted by atomic mass is 10.1. The van der Waals surface area contributed by atoms with E-state index in [1.165, 1.54) is 0 Å². The number of hydrogen-bond acceptors (Lipinski definition) is 6. The Morgan fingerprint density at radius 2 is 1.47 bits per heavy atom. The molecule has 0 atom stereocenters. The normalized spacial score (nSPS) is 12.0. The van der Waals surface area contributed by atoms with Gasteiger partial charge in [-0.3, -0.25) is 20.2 Å². The molecule has 0 fully saturated rings. The van der Waals surface area contributed by atoms with Gasteiger partial charge in [0.1, 0.15) is 10.6 Å². The lowest BCUT2D eigenvalue weighted by molar-refractivity contribution is -0.392. The van der Waals surface area contributed by atoms with E-state index in [1.54, 1.807) is 5.32 Å². The molecular formula is C13H3Cl2F7N4O4. The number of halogens is 9. The van der Waals surface area contributed by atoms with Crippen LogP contribution in [0.15, 0.2) is 12.1 Å². The fourth-order valence-corrected chi connectivity index (χ4v) is 2.67. The first kappa shape index (κ1) is 23.3. The molecule has 30 heavy (non-hydrogen) atoms. The van der Waals surface area contributed by atoms with E-state index in [0.29, 0.717) is 0 Å². The zero-order valence-electron chi connectivity index (χ0n) is 13.5. The number of pyridine rings is 1. The number of hydrogen-bond donors (Lipinski definition) is 1. The summed E-state index contributed by atoms with van der Waals surface area (Å²) >= 11 is 10.9. The van der Waals surface area contributed by atoms with Crippen LogP contribution < -0.4 is 5.32 Å². The molecule has 0 spiro atoms. The molecule has 1 N–H and O–H groups in total. The summed E-state index contributed by atoms with van der Waals surface area (Å²) in [4.78, 5) is 22.2. The van der Waals surface area contributed by atoms with Crippen molar-refractivity contribution in [2.75, 3.05) is 5.32 Å². The topological polar surface area (TPSA) is 111 Å². The Labute approximate surface area is 169 Å². The molecule has 1 heterocycles. The van der Waals surface area contributed by atoms with Crippen LogP contribution in [0.5, 0.6) is 0 Å². The third-order valence-electron chi connectivity index (χ3n) is 3.38. The van der Waals surface area contributed by atoms with E-state index in [0.717, 1.165) is 0 Å². The van der Waals surface area contributed by atoms with Gasteiger partial charge in [-0.15, -0.1) is 0 Å².